The SMILES string of the molecule is Cn1c(CCC(=O)NCCc2ccccc2F)nc2cc(S(=O)(=O)N3CCCCC3)ccc21. The molecule has 1 N–H and O–H groups in total. The Morgan fingerprint density at radius 2 is 1.85 bits per heavy atom. The van der Waals surface area contributed by atoms with Gasteiger partial charge in [0.1, 0.15) is 11.6 Å². The average Bonchev–Trinajstić information content (AvgIpc) is 3.14. The van der Waals surface area contributed by atoms with Crippen molar-refractivity contribution >= 4 is 27.0 Å². The third-order valence-electron chi connectivity index (χ3n) is 6.15. The zero-order chi connectivity index (χ0) is 23.4. The van der Waals surface area contributed by atoms with E-state index in [1.165, 1.54) is 6.07 Å². The highest BCUT2D eigenvalue weighted by Gasteiger charge is 2.26. The van der Waals surface area contributed by atoms with E-state index in [0.717, 1.165) is 24.8 Å². The van der Waals surface area contributed by atoms with Gasteiger partial charge in [-0.3, -0.25) is 4.79 Å². The Morgan fingerprint density at radius 1 is 1.09 bits per heavy atom. The lowest BCUT2D eigenvalue weighted by Crippen LogP contribution is -2.35. The van der Waals surface area contributed by atoms with Crippen LogP contribution in [0.1, 0.15) is 37.1 Å². The van der Waals surface area contributed by atoms with Crippen LogP contribution in [0.5, 0.6) is 0 Å². The predicted octanol–water partition coefficient (Wildman–Crippen LogP) is 3.18. The fraction of sp³-hybridized carbons (Fsp3) is 0.417. The van der Waals surface area contributed by atoms with Gasteiger partial charge in [0.05, 0.1) is 15.9 Å². The van der Waals surface area contributed by atoms with Crippen LogP contribution in [0.15, 0.2) is 47.4 Å². The lowest BCUT2D eigenvalue weighted by Gasteiger charge is -2.25. The van der Waals surface area contributed by atoms with Crippen LogP contribution in [0.3, 0.4) is 0 Å². The minimum Gasteiger partial charge on any atom is -0.356 e. The first-order valence-electron chi connectivity index (χ1n) is 11.3. The summed E-state index contributed by atoms with van der Waals surface area (Å²) in [5.41, 5.74) is 2.00. The maximum Gasteiger partial charge on any atom is 0.243 e. The zero-order valence-electron chi connectivity index (χ0n) is 18.8. The number of imidazole rings is 1. The van der Waals surface area contributed by atoms with E-state index in [-0.39, 0.29) is 23.0 Å². The average molecular weight is 473 g/mol. The second-order valence-corrected chi connectivity index (χ2v) is 10.3. The van der Waals surface area contributed by atoms with Crippen LogP contribution >= 0.6 is 0 Å². The maximum absolute atomic E-state index is 13.7. The quantitative estimate of drug-likeness (QED) is 0.546. The number of rotatable bonds is 8. The van der Waals surface area contributed by atoms with Gasteiger partial charge in [-0.15, -0.1) is 0 Å². The Hall–Kier alpha value is -2.78. The molecule has 2 aromatic carbocycles. The molecular weight excluding hydrogens is 443 g/mol. The highest BCUT2D eigenvalue weighted by molar-refractivity contribution is 7.89. The van der Waals surface area contributed by atoms with Gasteiger partial charge in [0.2, 0.25) is 15.9 Å². The summed E-state index contributed by atoms with van der Waals surface area (Å²) < 4.78 is 43.1. The highest BCUT2D eigenvalue weighted by Crippen LogP contribution is 2.24. The molecule has 9 heteroatoms. The summed E-state index contributed by atoms with van der Waals surface area (Å²) in [6.07, 6.45) is 3.93. The molecule has 1 aliphatic heterocycles. The number of benzene rings is 2. The van der Waals surface area contributed by atoms with Crippen LogP contribution in [0, 0.1) is 5.82 Å². The summed E-state index contributed by atoms with van der Waals surface area (Å²) in [5, 5.41) is 2.82. The minimum atomic E-state index is -3.53. The van der Waals surface area contributed by atoms with Crippen molar-refractivity contribution in [2.75, 3.05) is 19.6 Å². The Labute approximate surface area is 193 Å². The molecule has 0 spiro atoms. The fourth-order valence-corrected chi connectivity index (χ4v) is 5.76. The number of carbonyl (C=O) groups is 1. The number of piperidine rings is 1. The van der Waals surface area contributed by atoms with Crippen LogP contribution < -0.4 is 5.32 Å². The standard InChI is InChI=1S/C24H29FN4O3S/c1-28-22-10-9-19(33(31,32)29-15-5-2-6-16-29)17-21(22)27-23(28)11-12-24(30)26-14-13-18-7-3-4-8-20(18)25/h3-4,7-10,17H,2,5-6,11-16H2,1H3,(H,26,30). The normalized spacial score (nSPS) is 15.1. The molecule has 1 fully saturated rings. The van der Waals surface area contributed by atoms with Crippen molar-refractivity contribution in [2.45, 2.75) is 43.4 Å². The van der Waals surface area contributed by atoms with E-state index in [1.54, 1.807) is 40.7 Å². The van der Waals surface area contributed by atoms with Crippen LogP contribution in [-0.2, 0) is 34.7 Å². The first kappa shape index (κ1) is 23.4. The van der Waals surface area contributed by atoms with Gasteiger partial charge in [-0.05, 0) is 49.1 Å². The Morgan fingerprint density at radius 3 is 2.61 bits per heavy atom. The van der Waals surface area contributed by atoms with Crippen molar-refractivity contribution in [1.29, 1.82) is 0 Å². The van der Waals surface area contributed by atoms with E-state index in [4.69, 9.17) is 0 Å². The first-order chi connectivity index (χ1) is 15.9. The third kappa shape index (κ3) is 5.25. The first-order valence-corrected chi connectivity index (χ1v) is 12.8. The Balaban J connectivity index is 1.38. The molecule has 7 nitrogen and oxygen atoms in total. The van der Waals surface area contributed by atoms with Gasteiger partial charge in [0, 0.05) is 39.5 Å². The number of aromatic nitrogens is 2. The molecule has 3 aromatic rings. The second kappa shape index (κ2) is 10.0. The van der Waals surface area contributed by atoms with Crippen LogP contribution in [-0.4, -0.2) is 47.8 Å². The highest BCUT2D eigenvalue weighted by atomic mass is 32.2. The third-order valence-corrected chi connectivity index (χ3v) is 8.04. The molecule has 1 aliphatic rings. The summed E-state index contributed by atoms with van der Waals surface area (Å²) in [5.74, 6) is 0.307. The minimum absolute atomic E-state index is 0.133. The topological polar surface area (TPSA) is 84.3 Å². The van der Waals surface area contributed by atoms with Crippen molar-refractivity contribution < 1.29 is 17.6 Å². The molecule has 1 aromatic heterocycles. The smallest absolute Gasteiger partial charge is 0.243 e. The molecule has 33 heavy (non-hydrogen) atoms. The van der Waals surface area contributed by atoms with Gasteiger partial charge in [-0.25, -0.2) is 17.8 Å². The van der Waals surface area contributed by atoms with Gasteiger partial charge in [0.15, 0.2) is 0 Å². The van der Waals surface area contributed by atoms with E-state index in [1.807, 2.05) is 11.6 Å². The molecule has 0 aliphatic carbocycles. The predicted molar refractivity (Wildman–Crippen MR) is 125 cm³/mol. The fourth-order valence-electron chi connectivity index (χ4n) is 4.22. The molecule has 1 saturated heterocycles. The molecule has 0 radical (unpaired) electrons. The maximum atomic E-state index is 13.7. The number of nitrogens with zero attached hydrogens (tertiary/aromatic N) is 3. The van der Waals surface area contributed by atoms with Crippen molar-refractivity contribution in [1.82, 2.24) is 19.2 Å². The van der Waals surface area contributed by atoms with Gasteiger partial charge in [0.25, 0.3) is 0 Å². The van der Waals surface area contributed by atoms with Crippen molar-refractivity contribution in [3.05, 3.63) is 59.7 Å². The number of carbonyl (C=O) groups excluding carboxylic acids is 1. The molecule has 0 bridgehead atoms. The van der Waals surface area contributed by atoms with Gasteiger partial charge in [-0.2, -0.15) is 4.31 Å². The second-order valence-electron chi connectivity index (χ2n) is 8.39. The van der Waals surface area contributed by atoms with E-state index < -0.39 is 10.0 Å². The van der Waals surface area contributed by atoms with Crippen LogP contribution in [0.2, 0.25) is 0 Å². The number of nitrogens with one attached hydrogen (secondary N) is 1. The number of sulfonamides is 1. The number of aryl methyl sites for hydroxylation is 2. The van der Waals surface area contributed by atoms with E-state index in [0.29, 0.717) is 49.4 Å². The molecule has 1 amide bonds. The zero-order valence-corrected chi connectivity index (χ0v) is 19.6. The van der Waals surface area contributed by atoms with E-state index in [2.05, 4.69) is 10.3 Å². The summed E-state index contributed by atoms with van der Waals surface area (Å²) >= 11 is 0. The number of hydrogen-bond donors (Lipinski definition) is 1. The number of amides is 1. The Bertz CT molecular complexity index is 1250. The number of fused-ring (bicyclic) bond motifs is 1. The molecular formula is C24H29FN4O3S. The van der Waals surface area contributed by atoms with E-state index in [9.17, 15) is 17.6 Å². The number of halogens is 1. The van der Waals surface area contributed by atoms with Gasteiger partial charge in [-0.1, -0.05) is 24.6 Å². The van der Waals surface area contributed by atoms with Crippen molar-refractivity contribution in [2.24, 2.45) is 7.05 Å². The largest absolute Gasteiger partial charge is 0.356 e. The monoisotopic (exact) mass is 472 g/mol. The molecule has 0 atom stereocenters. The summed E-state index contributed by atoms with van der Waals surface area (Å²) in [6.45, 7) is 1.47. The molecule has 0 saturated carbocycles. The van der Waals surface area contributed by atoms with E-state index >= 15 is 0 Å². The summed E-state index contributed by atoms with van der Waals surface area (Å²) in [4.78, 5) is 17.1. The molecule has 176 valence electrons. The molecule has 4 rings (SSSR count). The summed E-state index contributed by atoms with van der Waals surface area (Å²) in [7, 11) is -1.67. The van der Waals surface area contributed by atoms with Crippen molar-refractivity contribution in [3.8, 4) is 0 Å². The van der Waals surface area contributed by atoms with Crippen LogP contribution in [0.25, 0.3) is 11.0 Å². The van der Waals surface area contributed by atoms with Gasteiger partial charge >= 0.3 is 0 Å². The van der Waals surface area contributed by atoms with Crippen LogP contribution in [0.4, 0.5) is 4.39 Å². The molecule has 0 unspecified atom stereocenters. The number of hydrogen-bond acceptors (Lipinski definition) is 4. The Kier molecular flexibility index (Phi) is 7.09. The van der Waals surface area contributed by atoms with Gasteiger partial charge < -0.3 is 9.88 Å². The lowest BCUT2D eigenvalue weighted by molar-refractivity contribution is -0.121. The van der Waals surface area contributed by atoms with Crippen molar-refractivity contribution in [3.63, 3.8) is 0 Å². The lowest BCUT2D eigenvalue weighted by atomic mass is 10.1. The summed E-state index contributed by atoms with van der Waals surface area (Å²) in [6, 6.07) is 11.6. The molecule has 2 heterocycles.